The van der Waals surface area contributed by atoms with Gasteiger partial charge >= 0.3 is 0 Å². The summed E-state index contributed by atoms with van der Waals surface area (Å²) in [7, 11) is 0. The highest BCUT2D eigenvalue weighted by Crippen LogP contribution is 2.35. The lowest BCUT2D eigenvalue weighted by molar-refractivity contribution is 0.100. The summed E-state index contributed by atoms with van der Waals surface area (Å²) in [6.45, 7) is 5.66. The van der Waals surface area contributed by atoms with Crippen LogP contribution in [-0.4, -0.2) is 17.9 Å². The number of carbonyl (C=O) groups is 2. The molecule has 0 aliphatic rings. The molecule has 3 aromatic rings. The zero-order chi connectivity index (χ0) is 21.0. The summed E-state index contributed by atoms with van der Waals surface area (Å²) in [6.07, 6.45) is 0.604. The number of para-hydroxylation sites is 1. The first-order chi connectivity index (χ1) is 13.9. The lowest BCUT2D eigenvalue weighted by Gasteiger charge is -2.14. The summed E-state index contributed by atoms with van der Waals surface area (Å²) in [6, 6.07) is 17.0. The average molecular weight is 409 g/mol. The van der Waals surface area contributed by atoms with Gasteiger partial charge < -0.3 is 15.8 Å². The van der Waals surface area contributed by atoms with E-state index in [9.17, 15) is 9.59 Å². The van der Waals surface area contributed by atoms with Crippen LogP contribution in [0.4, 0.5) is 5.00 Å². The Hall–Kier alpha value is -3.12. The molecular weight excluding hydrogens is 384 g/mol. The third-order valence-electron chi connectivity index (χ3n) is 4.42. The fourth-order valence-electron chi connectivity index (χ4n) is 3.08. The van der Waals surface area contributed by atoms with Gasteiger partial charge in [-0.2, -0.15) is 0 Å². The number of nitrogens with two attached hydrogens (primary N) is 1. The number of hydrogen-bond acceptors (Lipinski definition) is 4. The zero-order valence-electron chi connectivity index (χ0n) is 16.7. The maximum atomic E-state index is 12.9. The van der Waals surface area contributed by atoms with Crippen LogP contribution in [0.2, 0.25) is 0 Å². The van der Waals surface area contributed by atoms with Crippen LogP contribution in [0.1, 0.15) is 50.6 Å². The lowest BCUT2D eigenvalue weighted by Crippen LogP contribution is -2.18. The molecule has 6 heteroatoms. The van der Waals surface area contributed by atoms with Gasteiger partial charge in [-0.25, -0.2) is 0 Å². The molecule has 3 N–H and O–H groups in total. The van der Waals surface area contributed by atoms with Crippen LogP contribution >= 0.6 is 11.3 Å². The number of thiophene rings is 1. The van der Waals surface area contributed by atoms with Gasteiger partial charge in [-0.05, 0) is 44.0 Å². The Labute approximate surface area is 174 Å². The molecule has 5 nitrogen and oxygen atoms in total. The van der Waals surface area contributed by atoms with E-state index in [4.69, 9.17) is 10.5 Å². The van der Waals surface area contributed by atoms with E-state index in [1.165, 1.54) is 11.3 Å². The number of ether oxygens (including phenoxy) is 1. The van der Waals surface area contributed by atoms with Crippen molar-refractivity contribution in [3.05, 3.63) is 81.7 Å². The predicted molar refractivity (Wildman–Crippen MR) is 117 cm³/mol. The summed E-state index contributed by atoms with van der Waals surface area (Å²) in [5.74, 6) is -0.394. The smallest absolute Gasteiger partial charge is 0.260 e. The predicted octanol–water partition coefficient (Wildman–Crippen LogP) is 4.79. The molecule has 1 aromatic heterocycles. The molecule has 0 saturated heterocycles. The quantitative estimate of drug-likeness (QED) is 0.590. The van der Waals surface area contributed by atoms with Gasteiger partial charge in [0.2, 0.25) is 0 Å². The molecule has 0 radical (unpaired) electrons. The van der Waals surface area contributed by atoms with Gasteiger partial charge in [-0.3, -0.25) is 9.59 Å². The van der Waals surface area contributed by atoms with Crippen LogP contribution in [0.5, 0.6) is 5.75 Å². The van der Waals surface area contributed by atoms with Crippen LogP contribution in [0.3, 0.4) is 0 Å². The number of amides is 2. The number of carbonyl (C=O) groups excluding carboxylic acids is 2. The van der Waals surface area contributed by atoms with Crippen molar-refractivity contribution in [2.45, 2.75) is 33.3 Å². The molecule has 0 aliphatic heterocycles. The largest absolute Gasteiger partial charge is 0.490 e. The molecule has 0 bridgehead atoms. The number of primary amides is 1. The molecule has 0 unspecified atom stereocenters. The molecule has 29 heavy (non-hydrogen) atoms. The molecule has 2 aromatic carbocycles. The molecule has 150 valence electrons. The van der Waals surface area contributed by atoms with Crippen molar-refractivity contribution in [1.82, 2.24) is 0 Å². The minimum absolute atomic E-state index is 0.0633. The zero-order valence-corrected chi connectivity index (χ0v) is 17.5. The minimum atomic E-state index is -0.555. The van der Waals surface area contributed by atoms with Crippen molar-refractivity contribution in [2.24, 2.45) is 5.73 Å². The molecule has 0 spiro atoms. The fraction of sp³-hybridized carbons (Fsp3) is 0.217. The van der Waals surface area contributed by atoms with Gasteiger partial charge in [0.25, 0.3) is 11.8 Å². The first-order valence-corrected chi connectivity index (χ1v) is 10.2. The van der Waals surface area contributed by atoms with Crippen LogP contribution in [0.15, 0.2) is 54.6 Å². The highest BCUT2D eigenvalue weighted by Gasteiger charge is 2.22. The molecule has 0 fully saturated rings. The monoisotopic (exact) mass is 408 g/mol. The molecule has 0 saturated carbocycles. The number of rotatable bonds is 7. The van der Waals surface area contributed by atoms with E-state index in [2.05, 4.69) is 5.32 Å². The highest BCUT2D eigenvalue weighted by atomic mass is 32.1. The lowest BCUT2D eigenvalue weighted by atomic mass is 10.1. The van der Waals surface area contributed by atoms with Crippen LogP contribution in [-0.2, 0) is 6.42 Å². The highest BCUT2D eigenvalue weighted by molar-refractivity contribution is 7.17. The average Bonchev–Trinajstić information content (AvgIpc) is 2.97. The van der Waals surface area contributed by atoms with E-state index in [1.807, 2.05) is 57.2 Å². The van der Waals surface area contributed by atoms with Crippen LogP contribution in [0.25, 0.3) is 0 Å². The van der Waals surface area contributed by atoms with Crippen molar-refractivity contribution in [1.29, 1.82) is 0 Å². The molecule has 0 aliphatic carbocycles. The Morgan fingerprint density at radius 1 is 1.07 bits per heavy atom. The Bertz CT molecular complexity index is 1030. The van der Waals surface area contributed by atoms with Crippen molar-refractivity contribution >= 4 is 28.2 Å². The molecule has 2 amide bonds. The van der Waals surface area contributed by atoms with Crippen LogP contribution < -0.4 is 15.8 Å². The van der Waals surface area contributed by atoms with Crippen LogP contribution in [0, 0.1) is 6.92 Å². The first-order valence-electron chi connectivity index (χ1n) is 9.39. The summed E-state index contributed by atoms with van der Waals surface area (Å²) < 4.78 is 5.74. The Morgan fingerprint density at radius 3 is 2.38 bits per heavy atom. The standard InChI is InChI=1S/C23H24N2O3S/c1-14(2)28-18-12-8-7-11-17(18)22(27)25-23-20(21(24)26)15(3)19(29-23)13-16-9-5-4-6-10-16/h4-12,14H,13H2,1-3H3,(H2,24,26)(H,25,27). The topological polar surface area (TPSA) is 81.4 Å². The van der Waals surface area contributed by atoms with Crippen molar-refractivity contribution in [3.63, 3.8) is 0 Å². The van der Waals surface area contributed by atoms with E-state index in [1.54, 1.807) is 18.2 Å². The van der Waals surface area contributed by atoms with Gasteiger partial charge in [-0.1, -0.05) is 42.5 Å². The van der Waals surface area contributed by atoms with Crippen molar-refractivity contribution < 1.29 is 14.3 Å². The van der Waals surface area contributed by atoms with E-state index < -0.39 is 5.91 Å². The number of hydrogen-bond donors (Lipinski definition) is 2. The van der Waals surface area contributed by atoms with E-state index in [0.717, 1.165) is 16.0 Å². The van der Waals surface area contributed by atoms with Crippen molar-refractivity contribution in [2.75, 3.05) is 5.32 Å². The normalized spacial score (nSPS) is 10.8. The number of anilines is 1. The molecular formula is C23H24N2O3S. The Kier molecular flexibility index (Phi) is 6.34. The summed E-state index contributed by atoms with van der Waals surface area (Å²) in [5, 5.41) is 3.33. The second kappa shape index (κ2) is 8.92. The SMILES string of the molecule is Cc1c(Cc2ccccc2)sc(NC(=O)c2ccccc2OC(C)C)c1C(N)=O. The first kappa shape index (κ1) is 20.6. The fourth-order valence-corrected chi connectivity index (χ4v) is 4.32. The van der Waals surface area contributed by atoms with Gasteiger partial charge in [0.05, 0.1) is 17.2 Å². The second-order valence-corrected chi connectivity index (χ2v) is 8.10. The third-order valence-corrected chi connectivity index (χ3v) is 5.63. The third kappa shape index (κ3) is 4.84. The maximum Gasteiger partial charge on any atom is 0.260 e. The molecule has 0 atom stereocenters. The molecule has 3 rings (SSSR count). The van der Waals surface area contributed by atoms with Crippen molar-refractivity contribution in [3.8, 4) is 5.75 Å². The number of benzene rings is 2. The second-order valence-electron chi connectivity index (χ2n) is 7.00. The van der Waals surface area contributed by atoms with E-state index >= 15 is 0 Å². The van der Waals surface area contributed by atoms with Gasteiger partial charge in [-0.15, -0.1) is 11.3 Å². The minimum Gasteiger partial charge on any atom is -0.490 e. The number of nitrogens with one attached hydrogen (secondary N) is 1. The summed E-state index contributed by atoms with van der Waals surface area (Å²) >= 11 is 1.38. The Balaban J connectivity index is 1.92. The van der Waals surface area contributed by atoms with Gasteiger partial charge in [0.1, 0.15) is 10.8 Å². The van der Waals surface area contributed by atoms with Gasteiger partial charge in [0, 0.05) is 11.3 Å². The maximum absolute atomic E-state index is 12.9. The Morgan fingerprint density at radius 2 is 1.72 bits per heavy atom. The van der Waals surface area contributed by atoms with E-state index in [0.29, 0.717) is 28.3 Å². The molecule has 1 heterocycles. The summed E-state index contributed by atoms with van der Waals surface area (Å²) in [4.78, 5) is 26.0. The van der Waals surface area contributed by atoms with Gasteiger partial charge in [0.15, 0.2) is 0 Å². The summed E-state index contributed by atoms with van der Waals surface area (Å²) in [5.41, 5.74) is 8.32. The van der Waals surface area contributed by atoms with E-state index in [-0.39, 0.29) is 12.0 Å².